The number of rotatable bonds is 3. The maximum atomic E-state index is 5.36. The summed E-state index contributed by atoms with van der Waals surface area (Å²) < 4.78 is 7.91. The molecule has 3 aromatic rings. The molecule has 5 nitrogen and oxygen atoms in total. The van der Waals surface area contributed by atoms with Crippen molar-refractivity contribution in [2.45, 2.75) is 26.8 Å². The lowest BCUT2D eigenvalue weighted by Crippen LogP contribution is -2.01. The minimum absolute atomic E-state index is 0.640. The molecule has 6 heteroatoms. The Labute approximate surface area is 115 Å². The zero-order chi connectivity index (χ0) is 13.4. The van der Waals surface area contributed by atoms with Gasteiger partial charge in [-0.1, -0.05) is 11.2 Å². The van der Waals surface area contributed by atoms with E-state index in [2.05, 4.69) is 38.7 Å². The second-order valence-corrected chi connectivity index (χ2v) is 4.97. The fourth-order valence-corrected chi connectivity index (χ4v) is 2.43. The molecule has 0 radical (unpaired) electrons. The Morgan fingerprint density at radius 3 is 2.95 bits per heavy atom. The summed E-state index contributed by atoms with van der Waals surface area (Å²) in [5, 5.41) is 3.79. The first kappa shape index (κ1) is 12.1. The average Bonchev–Trinajstić information content (AvgIpc) is 2.90. The zero-order valence-electron chi connectivity index (χ0n) is 10.8. The SMILES string of the molecule is Cc1ccc2[nH]c(=S)n(CCc3nc(C)no3)c2c1. The summed E-state index contributed by atoms with van der Waals surface area (Å²) >= 11 is 5.36. The molecule has 3 rings (SSSR count). The van der Waals surface area contributed by atoms with Gasteiger partial charge in [0.25, 0.3) is 0 Å². The summed E-state index contributed by atoms with van der Waals surface area (Å²) in [5.74, 6) is 1.30. The number of hydrogen-bond acceptors (Lipinski definition) is 4. The van der Waals surface area contributed by atoms with E-state index in [4.69, 9.17) is 16.7 Å². The quantitative estimate of drug-likeness (QED) is 0.746. The van der Waals surface area contributed by atoms with Crippen LogP contribution in [0.4, 0.5) is 0 Å². The van der Waals surface area contributed by atoms with Crippen LogP contribution in [-0.4, -0.2) is 19.7 Å². The van der Waals surface area contributed by atoms with Crippen LogP contribution in [0.2, 0.25) is 0 Å². The Morgan fingerprint density at radius 1 is 1.37 bits per heavy atom. The monoisotopic (exact) mass is 274 g/mol. The van der Waals surface area contributed by atoms with Crippen molar-refractivity contribution in [2.24, 2.45) is 0 Å². The van der Waals surface area contributed by atoms with E-state index >= 15 is 0 Å². The van der Waals surface area contributed by atoms with Crippen molar-refractivity contribution in [3.8, 4) is 0 Å². The lowest BCUT2D eigenvalue weighted by atomic mass is 10.2. The molecular weight excluding hydrogens is 260 g/mol. The Balaban J connectivity index is 1.94. The molecular formula is C13H14N4OS. The zero-order valence-corrected chi connectivity index (χ0v) is 11.6. The number of aromatic nitrogens is 4. The molecule has 0 aliphatic carbocycles. The Morgan fingerprint density at radius 2 is 2.21 bits per heavy atom. The van der Waals surface area contributed by atoms with Gasteiger partial charge in [0.1, 0.15) is 0 Å². The largest absolute Gasteiger partial charge is 0.339 e. The summed E-state index contributed by atoms with van der Waals surface area (Å²) in [4.78, 5) is 7.41. The molecule has 0 spiro atoms. The second kappa shape index (κ2) is 4.62. The van der Waals surface area contributed by atoms with Gasteiger partial charge in [0.2, 0.25) is 5.89 Å². The van der Waals surface area contributed by atoms with E-state index in [0.717, 1.165) is 22.3 Å². The van der Waals surface area contributed by atoms with Gasteiger partial charge < -0.3 is 14.1 Å². The van der Waals surface area contributed by atoms with Gasteiger partial charge in [-0.3, -0.25) is 0 Å². The Bertz CT molecular complexity index is 783. The number of hydrogen-bond donors (Lipinski definition) is 1. The molecule has 0 unspecified atom stereocenters. The summed E-state index contributed by atoms with van der Waals surface area (Å²) in [7, 11) is 0. The van der Waals surface area contributed by atoms with Gasteiger partial charge in [-0.25, -0.2) is 0 Å². The molecule has 0 amide bonds. The smallest absolute Gasteiger partial charge is 0.228 e. The van der Waals surface area contributed by atoms with E-state index < -0.39 is 0 Å². The van der Waals surface area contributed by atoms with E-state index in [1.165, 1.54) is 5.56 Å². The van der Waals surface area contributed by atoms with Crippen LogP contribution >= 0.6 is 12.2 Å². The standard InChI is InChI=1S/C13H14N4OS/c1-8-3-4-10-11(7-8)17(13(19)15-10)6-5-12-14-9(2)16-18-12/h3-4,7H,5-6H2,1-2H3,(H,15,19). The first-order valence-electron chi connectivity index (χ1n) is 6.12. The van der Waals surface area contributed by atoms with Gasteiger partial charge in [0, 0.05) is 13.0 Å². The first-order valence-corrected chi connectivity index (χ1v) is 6.52. The first-order chi connectivity index (χ1) is 9.13. The minimum atomic E-state index is 0.640. The fraction of sp³-hybridized carbons (Fsp3) is 0.308. The van der Waals surface area contributed by atoms with Crippen LogP contribution in [0.1, 0.15) is 17.3 Å². The third-order valence-electron chi connectivity index (χ3n) is 3.05. The molecule has 0 aliphatic rings. The third-order valence-corrected chi connectivity index (χ3v) is 3.37. The van der Waals surface area contributed by atoms with Gasteiger partial charge in [0.05, 0.1) is 11.0 Å². The van der Waals surface area contributed by atoms with Crippen molar-refractivity contribution < 1.29 is 4.52 Å². The number of nitrogens with zero attached hydrogens (tertiary/aromatic N) is 3. The average molecular weight is 274 g/mol. The van der Waals surface area contributed by atoms with Crippen molar-refractivity contribution in [1.82, 2.24) is 19.7 Å². The summed E-state index contributed by atoms with van der Waals surface area (Å²) in [6.07, 6.45) is 0.677. The predicted molar refractivity (Wildman–Crippen MR) is 74.6 cm³/mol. The van der Waals surface area contributed by atoms with E-state index in [1.807, 2.05) is 13.0 Å². The topological polar surface area (TPSA) is 59.6 Å². The van der Waals surface area contributed by atoms with Crippen LogP contribution in [0.25, 0.3) is 11.0 Å². The highest BCUT2D eigenvalue weighted by atomic mass is 32.1. The highest BCUT2D eigenvalue weighted by Gasteiger charge is 2.07. The van der Waals surface area contributed by atoms with Crippen molar-refractivity contribution in [1.29, 1.82) is 0 Å². The molecule has 0 atom stereocenters. The normalized spacial score (nSPS) is 11.3. The van der Waals surface area contributed by atoms with E-state index in [9.17, 15) is 0 Å². The van der Waals surface area contributed by atoms with Crippen molar-refractivity contribution >= 4 is 23.3 Å². The van der Waals surface area contributed by atoms with E-state index in [-0.39, 0.29) is 0 Å². The fourth-order valence-electron chi connectivity index (χ4n) is 2.13. The van der Waals surface area contributed by atoms with Gasteiger partial charge >= 0.3 is 0 Å². The third kappa shape index (κ3) is 2.31. The lowest BCUT2D eigenvalue weighted by Gasteiger charge is -2.02. The summed E-state index contributed by atoms with van der Waals surface area (Å²) in [6, 6.07) is 6.24. The number of aromatic amines is 1. The van der Waals surface area contributed by atoms with Crippen LogP contribution in [0.5, 0.6) is 0 Å². The number of benzene rings is 1. The van der Waals surface area contributed by atoms with Crippen molar-refractivity contribution in [3.05, 3.63) is 40.2 Å². The molecule has 1 aromatic carbocycles. The van der Waals surface area contributed by atoms with Crippen LogP contribution in [-0.2, 0) is 13.0 Å². The van der Waals surface area contributed by atoms with Gasteiger partial charge in [0.15, 0.2) is 10.6 Å². The van der Waals surface area contributed by atoms with E-state index in [1.54, 1.807) is 0 Å². The number of aryl methyl sites for hydroxylation is 4. The Kier molecular flexibility index (Phi) is 2.94. The number of H-pyrrole nitrogens is 1. The molecule has 0 bridgehead atoms. The number of imidazole rings is 1. The molecule has 98 valence electrons. The van der Waals surface area contributed by atoms with Crippen LogP contribution < -0.4 is 0 Å². The molecule has 2 heterocycles. The lowest BCUT2D eigenvalue weighted by molar-refractivity contribution is 0.369. The molecule has 0 fully saturated rings. The highest BCUT2D eigenvalue weighted by Crippen LogP contribution is 2.16. The van der Waals surface area contributed by atoms with E-state index in [0.29, 0.717) is 18.1 Å². The second-order valence-electron chi connectivity index (χ2n) is 4.59. The predicted octanol–water partition coefficient (Wildman–Crippen LogP) is 2.94. The maximum absolute atomic E-state index is 5.36. The maximum Gasteiger partial charge on any atom is 0.228 e. The van der Waals surface area contributed by atoms with Gasteiger partial charge in [-0.05, 0) is 43.8 Å². The van der Waals surface area contributed by atoms with Crippen LogP contribution in [0.15, 0.2) is 22.7 Å². The molecule has 2 aromatic heterocycles. The number of nitrogens with one attached hydrogen (secondary N) is 1. The molecule has 1 N–H and O–H groups in total. The van der Waals surface area contributed by atoms with Gasteiger partial charge in [-0.2, -0.15) is 4.98 Å². The molecule has 0 saturated heterocycles. The van der Waals surface area contributed by atoms with Crippen LogP contribution in [0.3, 0.4) is 0 Å². The van der Waals surface area contributed by atoms with Crippen LogP contribution in [0, 0.1) is 18.6 Å². The number of fused-ring (bicyclic) bond motifs is 1. The highest BCUT2D eigenvalue weighted by molar-refractivity contribution is 7.71. The summed E-state index contributed by atoms with van der Waals surface area (Å²) in [5.41, 5.74) is 3.38. The molecule has 0 aliphatic heterocycles. The van der Waals surface area contributed by atoms with Crippen molar-refractivity contribution in [3.63, 3.8) is 0 Å². The van der Waals surface area contributed by atoms with Gasteiger partial charge in [-0.15, -0.1) is 0 Å². The Hall–Kier alpha value is -1.95. The molecule has 19 heavy (non-hydrogen) atoms. The minimum Gasteiger partial charge on any atom is -0.339 e. The summed E-state index contributed by atoms with van der Waals surface area (Å²) in [6.45, 7) is 4.61. The molecule has 0 saturated carbocycles. The van der Waals surface area contributed by atoms with Crippen molar-refractivity contribution in [2.75, 3.05) is 0 Å².